The van der Waals surface area contributed by atoms with E-state index in [4.69, 9.17) is 23.2 Å². The molecule has 1 atom stereocenters. The van der Waals surface area contributed by atoms with Gasteiger partial charge in [0.25, 0.3) is 0 Å². The molecule has 3 rings (SSSR count). The Morgan fingerprint density at radius 1 is 0.944 bits per heavy atom. The summed E-state index contributed by atoms with van der Waals surface area (Å²) in [5.74, 6) is 0.589. The predicted octanol–water partition coefficient (Wildman–Crippen LogP) is 7.16. The number of amides is 2. The Bertz CT molecular complexity index is 1130. The van der Waals surface area contributed by atoms with Gasteiger partial charge in [-0.2, -0.15) is 0 Å². The van der Waals surface area contributed by atoms with Gasteiger partial charge in [-0.25, -0.2) is 0 Å². The van der Waals surface area contributed by atoms with Crippen LogP contribution in [0.25, 0.3) is 0 Å². The minimum Gasteiger partial charge on any atom is -0.354 e. The van der Waals surface area contributed by atoms with E-state index in [9.17, 15) is 9.59 Å². The monoisotopic (exact) mass is 606 g/mol. The number of carbonyl (C=O) groups excluding carboxylic acids is 2. The van der Waals surface area contributed by atoms with Gasteiger partial charge >= 0.3 is 0 Å². The molecule has 4 nitrogen and oxygen atoms in total. The molecular weight excluding hydrogens is 579 g/mol. The lowest BCUT2D eigenvalue weighted by atomic mass is 10.0. The van der Waals surface area contributed by atoms with Crippen LogP contribution in [0, 0.1) is 0 Å². The first-order chi connectivity index (χ1) is 17.4. The zero-order chi connectivity index (χ0) is 25.9. The number of rotatable bonds is 12. The standard InChI is InChI=1S/C28H29BrCl2N2O2S/c1-2-15-32-28(35)26(16-20-7-4-3-5-8-20)33(17-23-24(30)9-6-10-25(23)31)27(34)19-36-18-21-11-13-22(29)14-12-21/h3-14,26H,2,15-19H2,1H3,(H,32,35)/t26-/m1/s1. The van der Waals surface area contributed by atoms with Gasteiger partial charge in [0.05, 0.1) is 5.75 Å². The van der Waals surface area contributed by atoms with Crippen LogP contribution >= 0.6 is 50.9 Å². The number of nitrogens with zero attached hydrogens (tertiary/aromatic N) is 1. The lowest BCUT2D eigenvalue weighted by Crippen LogP contribution is -2.51. The van der Waals surface area contributed by atoms with Gasteiger partial charge < -0.3 is 10.2 Å². The molecule has 0 unspecified atom stereocenters. The molecule has 36 heavy (non-hydrogen) atoms. The average Bonchev–Trinajstić information content (AvgIpc) is 2.88. The van der Waals surface area contributed by atoms with Crippen LogP contribution in [0.2, 0.25) is 10.0 Å². The first-order valence-electron chi connectivity index (χ1n) is 11.7. The molecular formula is C28H29BrCl2N2O2S. The highest BCUT2D eigenvalue weighted by Gasteiger charge is 2.31. The molecule has 3 aromatic rings. The largest absolute Gasteiger partial charge is 0.354 e. The zero-order valence-corrected chi connectivity index (χ0v) is 24.0. The summed E-state index contributed by atoms with van der Waals surface area (Å²) in [4.78, 5) is 28.6. The van der Waals surface area contributed by atoms with E-state index in [2.05, 4.69) is 21.2 Å². The van der Waals surface area contributed by atoms with Gasteiger partial charge in [-0.15, -0.1) is 11.8 Å². The highest BCUT2D eigenvalue weighted by Crippen LogP contribution is 2.28. The van der Waals surface area contributed by atoms with Crippen molar-refractivity contribution in [2.75, 3.05) is 12.3 Å². The molecule has 0 aliphatic carbocycles. The quantitative estimate of drug-likeness (QED) is 0.238. The summed E-state index contributed by atoms with van der Waals surface area (Å²) in [6, 6.07) is 22.3. The van der Waals surface area contributed by atoms with Crippen LogP contribution in [-0.4, -0.2) is 35.1 Å². The summed E-state index contributed by atoms with van der Waals surface area (Å²) in [7, 11) is 0. The van der Waals surface area contributed by atoms with Crippen molar-refractivity contribution in [1.82, 2.24) is 10.2 Å². The first-order valence-corrected chi connectivity index (χ1v) is 14.5. The second kappa shape index (κ2) is 14.7. The maximum absolute atomic E-state index is 13.7. The van der Waals surface area contributed by atoms with E-state index in [1.807, 2.05) is 61.5 Å². The Morgan fingerprint density at radius 3 is 2.25 bits per heavy atom. The fourth-order valence-corrected chi connectivity index (χ4v) is 5.35. The fourth-order valence-electron chi connectivity index (χ4n) is 3.69. The Kier molecular flexibility index (Phi) is 11.6. The van der Waals surface area contributed by atoms with Gasteiger partial charge in [0.2, 0.25) is 11.8 Å². The number of halogens is 3. The lowest BCUT2D eigenvalue weighted by molar-refractivity contribution is -0.139. The predicted molar refractivity (Wildman–Crippen MR) is 155 cm³/mol. The summed E-state index contributed by atoms with van der Waals surface area (Å²) in [5, 5.41) is 3.92. The van der Waals surface area contributed by atoms with Crippen molar-refractivity contribution >= 4 is 62.7 Å². The highest BCUT2D eigenvalue weighted by molar-refractivity contribution is 9.10. The molecule has 2 amide bonds. The first kappa shape index (κ1) is 28.6. The van der Waals surface area contributed by atoms with Crippen molar-refractivity contribution in [2.45, 2.75) is 38.1 Å². The SMILES string of the molecule is CCCNC(=O)[C@@H](Cc1ccccc1)N(Cc1c(Cl)cccc1Cl)C(=O)CSCc1ccc(Br)cc1. The zero-order valence-electron chi connectivity index (χ0n) is 20.1. The Balaban J connectivity index is 1.87. The minimum atomic E-state index is -0.702. The van der Waals surface area contributed by atoms with Crippen molar-refractivity contribution in [3.63, 3.8) is 0 Å². The molecule has 0 aliphatic rings. The number of benzene rings is 3. The maximum atomic E-state index is 13.7. The summed E-state index contributed by atoms with van der Waals surface area (Å²) >= 11 is 17.9. The Labute approximate surface area is 235 Å². The third kappa shape index (κ3) is 8.55. The van der Waals surface area contributed by atoms with E-state index in [-0.39, 0.29) is 24.1 Å². The molecule has 0 heterocycles. The Hall–Kier alpha value is -1.99. The molecule has 0 saturated heterocycles. The van der Waals surface area contributed by atoms with E-state index < -0.39 is 6.04 Å². The van der Waals surface area contributed by atoms with Crippen molar-refractivity contribution in [3.05, 3.63) is 104 Å². The van der Waals surface area contributed by atoms with E-state index in [1.165, 1.54) is 11.8 Å². The highest BCUT2D eigenvalue weighted by atomic mass is 79.9. The van der Waals surface area contributed by atoms with Crippen molar-refractivity contribution in [3.8, 4) is 0 Å². The second-order valence-electron chi connectivity index (χ2n) is 8.34. The summed E-state index contributed by atoms with van der Waals surface area (Å²) in [6.45, 7) is 2.68. The third-order valence-electron chi connectivity index (χ3n) is 5.62. The van der Waals surface area contributed by atoms with Crippen LogP contribution in [0.1, 0.15) is 30.0 Å². The molecule has 3 aromatic carbocycles. The van der Waals surface area contributed by atoms with Gasteiger partial charge in [-0.3, -0.25) is 9.59 Å². The van der Waals surface area contributed by atoms with Crippen molar-refractivity contribution < 1.29 is 9.59 Å². The summed E-state index contributed by atoms with van der Waals surface area (Å²) in [5.41, 5.74) is 2.73. The van der Waals surface area contributed by atoms with Crippen LogP contribution in [0.3, 0.4) is 0 Å². The van der Waals surface area contributed by atoms with E-state index in [0.717, 1.165) is 22.0 Å². The number of hydrogen-bond donors (Lipinski definition) is 1. The maximum Gasteiger partial charge on any atom is 0.243 e. The number of carbonyl (C=O) groups is 2. The minimum absolute atomic E-state index is 0.138. The van der Waals surface area contributed by atoms with Gasteiger partial charge in [-0.05, 0) is 41.8 Å². The molecule has 1 N–H and O–H groups in total. The normalized spacial score (nSPS) is 11.7. The molecule has 190 valence electrons. The van der Waals surface area contributed by atoms with E-state index in [0.29, 0.717) is 34.3 Å². The molecule has 0 spiro atoms. The van der Waals surface area contributed by atoms with Crippen LogP contribution in [0.5, 0.6) is 0 Å². The number of thioether (sulfide) groups is 1. The van der Waals surface area contributed by atoms with Gasteiger partial charge in [0, 0.05) is 45.3 Å². The average molecular weight is 608 g/mol. The third-order valence-corrected chi connectivity index (χ3v) is 7.84. The second-order valence-corrected chi connectivity index (χ2v) is 11.1. The number of nitrogens with one attached hydrogen (secondary N) is 1. The molecule has 0 fully saturated rings. The summed E-state index contributed by atoms with van der Waals surface area (Å²) < 4.78 is 1.01. The molecule has 8 heteroatoms. The van der Waals surface area contributed by atoms with Crippen LogP contribution in [0.15, 0.2) is 77.3 Å². The van der Waals surface area contributed by atoms with Gasteiger partial charge in [0.1, 0.15) is 6.04 Å². The topological polar surface area (TPSA) is 49.4 Å². The van der Waals surface area contributed by atoms with Crippen LogP contribution < -0.4 is 5.32 Å². The molecule has 0 aliphatic heterocycles. The number of hydrogen-bond acceptors (Lipinski definition) is 3. The molecule has 0 radical (unpaired) electrons. The lowest BCUT2D eigenvalue weighted by Gasteiger charge is -2.32. The smallest absolute Gasteiger partial charge is 0.243 e. The van der Waals surface area contributed by atoms with Crippen molar-refractivity contribution in [1.29, 1.82) is 0 Å². The van der Waals surface area contributed by atoms with Gasteiger partial charge in [-0.1, -0.05) is 94.6 Å². The van der Waals surface area contributed by atoms with Crippen molar-refractivity contribution in [2.24, 2.45) is 0 Å². The van der Waals surface area contributed by atoms with Crippen LogP contribution in [0.4, 0.5) is 0 Å². The van der Waals surface area contributed by atoms with E-state index >= 15 is 0 Å². The summed E-state index contributed by atoms with van der Waals surface area (Å²) in [6.07, 6.45) is 1.19. The Morgan fingerprint density at radius 2 is 1.61 bits per heavy atom. The molecule has 0 bridgehead atoms. The van der Waals surface area contributed by atoms with Gasteiger partial charge in [0.15, 0.2) is 0 Å². The fraction of sp³-hybridized carbons (Fsp3) is 0.286. The molecule has 0 saturated carbocycles. The van der Waals surface area contributed by atoms with Crippen LogP contribution in [-0.2, 0) is 28.3 Å². The van der Waals surface area contributed by atoms with E-state index in [1.54, 1.807) is 23.1 Å². The molecule has 0 aromatic heterocycles.